The van der Waals surface area contributed by atoms with E-state index in [-0.39, 0.29) is 5.91 Å². The second kappa shape index (κ2) is 5.48. The number of hydrogen-bond acceptors (Lipinski definition) is 3. The van der Waals surface area contributed by atoms with E-state index in [0.717, 1.165) is 6.42 Å². The fourth-order valence-electron chi connectivity index (χ4n) is 2.27. The third-order valence-corrected chi connectivity index (χ3v) is 3.83. The van der Waals surface area contributed by atoms with Crippen molar-refractivity contribution in [3.8, 4) is 0 Å². The maximum atomic E-state index is 12.1. The quantitative estimate of drug-likeness (QED) is 0.897. The highest BCUT2D eigenvalue weighted by molar-refractivity contribution is 9.10. The number of halogens is 1. The van der Waals surface area contributed by atoms with E-state index in [9.17, 15) is 9.59 Å². The summed E-state index contributed by atoms with van der Waals surface area (Å²) in [6.07, 6.45) is 5.14. The number of carbonyl (C=O) groups is 2. The van der Waals surface area contributed by atoms with Crippen LogP contribution in [-0.4, -0.2) is 22.0 Å². The first-order valence-electron chi connectivity index (χ1n) is 5.73. The van der Waals surface area contributed by atoms with Crippen LogP contribution < -0.4 is 5.32 Å². The van der Waals surface area contributed by atoms with Crippen LogP contribution in [0.5, 0.6) is 0 Å². The van der Waals surface area contributed by atoms with Gasteiger partial charge in [-0.1, -0.05) is 6.42 Å². The fourth-order valence-corrected chi connectivity index (χ4v) is 2.62. The lowest BCUT2D eigenvalue weighted by Gasteiger charge is -2.16. The highest BCUT2D eigenvalue weighted by Crippen LogP contribution is 2.33. The van der Waals surface area contributed by atoms with Gasteiger partial charge in [0.05, 0.1) is 22.0 Å². The molecule has 2 N–H and O–H groups in total. The molecule has 6 heteroatoms. The number of aromatic nitrogens is 1. The Morgan fingerprint density at radius 1 is 1.39 bits per heavy atom. The molecule has 18 heavy (non-hydrogen) atoms. The van der Waals surface area contributed by atoms with Gasteiger partial charge in [-0.15, -0.1) is 0 Å². The van der Waals surface area contributed by atoms with Crippen molar-refractivity contribution in [1.82, 2.24) is 4.98 Å². The van der Waals surface area contributed by atoms with E-state index in [1.54, 1.807) is 18.5 Å². The maximum absolute atomic E-state index is 12.1. The molecule has 1 aromatic rings. The van der Waals surface area contributed by atoms with Gasteiger partial charge in [-0.25, -0.2) is 0 Å². The highest BCUT2D eigenvalue weighted by atomic mass is 79.9. The monoisotopic (exact) mass is 312 g/mol. The molecule has 0 spiro atoms. The van der Waals surface area contributed by atoms with Crippen LogP contribution in [-0.2, 0) is 9.59 Å². The number of anilines is 1. The van der Waals surface area contributed by atoms with Crippen molar-refractivity contribution >= 4 is 33.5 Å². The summed E-state index contributed by atoms with van der Waals surface area (Å²) in [6.45, 7) is 0. The second-order valence-corrected chi connectivity index (χ2v) is 5.18. The Balaban J connectivity index is 2.08. The summed E-state index contributed by atoms with van der Waals surface area (Å²) >= 11 is 3.28. The van der Waals surface area contributed by atoms with Gasteiger partial charge in [-0.3, -0.25) is 14.6 Å². The van der Waals surface area contributed by atoms with E-state index < -0.39 is 17.8 Å². The number of pyridine rings is 1. The normalized spacial score (nSPS) is 22.7. The minimum absolute atomic E-state index is 0.230. The maximum Gasteiger partial charge on any atom is 0.307 e. The molecule has 2 unspecified atom stereocenters. The molecular formula is C12H13BrN2O3. The van der Waals surface area contributed by atoms with Gasteiger partial charge in [0.25, 0.3) is 0 Å². The Morgan fingerprint density at radius 3 is 2.78 bits per heavy atom. The molecular weight excluding hydrogens is 300 g/mol. The Bertz CT molecular complexity index is 478. The van der Waals surface area contributed by atoms with Gasteiger partial charge in [0.15, 0.2) is 0 Å². The molecule has 5 nitrogen and oxygen atoms in total. The first-order valence-corrected chi connectivity index (χ1v) is 6.52. The molecule has 0 saturated heterocycles. The number of carboxylic acids is 1. The van der Waals surface area contributed by atoms with E-state index in [1.165, 1.54) is 0 Å². The molecule has 1 aliphatic carbocycles. The summed E-state index contributed by atoms with van der Waals surface area (Å²) < 4.78 is 0.684. The smallest absolute Gasteiger partial charge is 0.307 e. The standard InChI is InChI=1S/C12H13BrN2O3/c13-9-6-14-5-4-10(9)15-11(16)7-2-1-3-8(7)12(17)18/h4-8H,1-3H2,(H,17,18)(H,14,15,16). The van der Waals surface area contributed by atoms with Crippen molar-refractivity contribution in [3.05, 3.63) is 22.9 Å². The fraction of sp³-hybridized carbons (Fsp3) is 0.417. The zero-order valence-corrected chi connectivity index (χ0v) is 11.2. The lowest BCUT2D eigenvalue weighted by molar-refractivity contribution is -0.145. The molecule has 1 heterocycles. The third kappa shape index (κ3) is 2.69. The molecule has 0 aromatic carbocycles. The number of aliphatic carboxylic acids is 1. The van der Waals surface area contributed by atoms with Crippen LogP contribution in [0, 0.1) is 11.8 Å². The van der Waals surface area contributed by atoms with Gasteiger partial charge in [0.1, 0.15) is 0 Å². The van der Waals surface area contributed by atoms with E-state index in [2.05, 4.69) is 26.2 Å². The Morgan fingerprint density at radius 2 is 2.11 bits per heavy atom. The number of amides is 1. The number of nitrogens with one attached hydrogen (secondary N) is 1. The van der Waals surface area contributed by atoms with Crippen molar-refractivity contribution in [2.24, 2.45) is 11.8 Å². The first-order chi connectivity index (χ1) is 8.59. The van der Waals surface area contributed by atoms with Crippen molar-refractivity contribution < 1.29 is 14.7 Å². The average molecular weight is 313 g/mol. The number of nitrogens with zero attached hydrogens (tertiary/aromatic N) is 1. The Hall–Kier alpha value is -1.43. The molecule has 0 radical (unpaired) electrons. The van der Waals surface area contributed by atoms with Crippen LogP contribution >= 0.6 is 15.9 Å². The minimum Gasteiger partial charge on any atom is -0.481 e. The summed E-state index contributed by atoms with van der Waals surface area (Å²) in [5, 5.41) is 11.8. The van der Waals surface area contributed by atoms with E-state index in [4.69, 9.17) is 5.11 Å². The van der Waals surface area contributed by atoms with Crippen molar-refractivity contribution in [2.45, 2.75) is 19.3 Å². The summed E-state index contributed by atoms with van der Waals surface area (Å²) in [6, 6.07) is 1.67. The van der Waals surface area contributed by atoms with Crippen LogP contribution in [0.2, 0.25) is 0 Å². The van der Waals surface area contributed by atoms with Crippen LogP contribution in [0.1, 0.15) is 19.3 Å². The van der Waals surface area contributed by atoms with E-state index in [0.29, 0.717) is 23.0 Å². The second-order valence-electron chi connectivity index (χ2n) is 4.33. The predicted molar refractivity (Wildman–Crippen MR) is 69.0 cm³/mol. The van der Waals surface area contributed by atoms with Gasteiger partial charge < -0.3 is 10.4 Å². The van der Waals surface area contributed by atoms with Gasteiger partial charge in [0, 0.05) is 12.4 Å². The molecule has 0 aliphatic heterocycles. The zero-order chi connectivity index (χ0) is 13.1. The van der Waals surface area contributed by atoms with Crippen molar-refractivity contribution in [3.63, 3.8) is 0 Å². The van der Waals surface area contributed by atoms with E-state index >= 15 is 0 Å². The minimum atomic E-state index is -0.888. The average Bonchev–Trinajstić information content (AvgIpc) is 2.81. The van der Waals surface area contributed by atoms with Crippen LogP contribution in [0.25, 0.3) is 0 Å². The molecule has 2 atom stereocenters. The van der Waals surface area contributed by atoms with Crippen molar-refractivity contribution in [2.75, 3.05) is 5.32 Å². The predicted octanol–water partition coefficient (Wildman–Crippen LogP) is 2.28. The van der Waals surface area contributed by atoms with Gasteiger partial charge >= 0.3 is 5.97 Å². The van der Waals surface area contributed by atoms with E-state index in [1.807, 2.05) is 0 Å². The van der Waals surface area contributed by atoms with Crippen LogP contribution in [0.15, 0.2) is 22.9 Å². The van der Waals surface area contributed by atoms with Crippen LogP contribution in [0.3, 0.4) is 0 Å². The largest absolute Gasteiger partial charge is 0.481 e. The summed E-state index contributed by atoms with van der Waals surface area (Å²) in [5.41, 5.74) is 0.617. The molecule has 0 bridgehead atoms. The topological polar surface area (TPSA) is 79.3 Å². The number of carboxylic acid groups (broad SMARTS) is 1. The van der Waals surface area contributed by atoms with Gasteiger partial charge in [-0.05, 0) is 34.8 Å². The lowest BCUT2D eigenvalue weighted by Crippen LogP contribution is -2.30. The lowest BCUT2D eigenvalue weighted by atomic mass is 9.95. The third-order valence-electron chi connectivity index (χ3n) is 3.20. The molecule has 1 aliphatic rings. The van der Waals surface area contributed by atoms with Gasteiger partial charge in [0.2, 0.25) is 5.91 Å². The SMILES string of the molecule is O=C(O)C1CCCC1C(=O)Nc1ccncc1Br. The molecule has 2 rings (SSSR count). The Kier molecular flexibility index (Phi) is 3.96. The molecule has 96 valence electrons. The molecule has 1 aromatic heterocycles. The summed E-state index contributed by atoms with van der Waals surface area (Å²) in [5.74, 6) is -2.12. The Labute approximate surface area is 113 Å². The summed E-state index contributed by atoms with van der Waals surface area (Å²) in [7, 11) is 0. The number of hydrogen-bond donors (Lipinski definition) is 2. The zero-order valence-electron chi connectivity index (χ0n) is 9.60. The summed E-state index contributed by atoms with van der Waals surface area (Å²) in [4.78, 5) is 27.0. The number of carbonyl (C=O) groups excluding carboxylic acids is 1. The first kappa shape index (κ1) is 13.0. The van der Waals surface area contributed by atoms with Gasteiger partial charge in [-0.2, -0.15) is 0 Å². The molecule has 1 saturated carbocycles. The highest BCUT2D eigenvalue weighted by Gasteiger charge is 2.37. The molecule has 1 fully saturated rings. The number of rotatable bonds is 3. The van der Waals surface area contributed by atoms with Crippen molar-refractivity contribution in [1.29, 1.82) is 0 Å². The molecule has 1 amide bonds. The van der Waals surface area contributed by atoms with Crippen LogP contribution in [0.4, 0.5) is 5.69 Å².